The van der Waals surface area contributed by atoms with Crippen LogP contribution in [0.1, 0.15) is 64.3 Å². The van der Waals surface area contributed by atoms with Gasteiger partial charge in [-0.3, -0.25) is 4.79 Å². The zero-order valence-corrected chi connectivity index (χ0v) is 18.1. The van der Waals surface area contributed by atoms with E-state index in [0.717, 1.165) is 0 Å². The summed E-state index contributed by atoms with van der Waals surface area (Å²) in [6.07, 6.45) is 2.47. The number of carbonyl (C=O) groups excluding carboxylic acids is 1. The molecule has 0 radical (unpaired) electrons. The van der Waals surface area contributed by atoms with Gasteiger partial charge in [0.15, 0.2) is 0 Å². The fourth-order valence-electron chi connectivity index (χ4n) is 3.36. The summed E-state index contributed by atoms with van der Waals surface area (Å²) in [7, 11) is 0. The Morgan fingerprint density at radius 1 is 1.29 bits per heavy atom. The van der Waals surface area contributed by atoms with Crippen LogP contribution in [0, 0.1) is 0 Å². The van der Waals surface area contributed by atoms with E-state index in [0.29, 0.717) is 36.5 Å². The Bertz CT molecular complexity index is 901. The third kappa shape index (κ3) is 6.95. The molecule has 2 aromatic heterocycles. The first-order valence-electron chi connectivity index (χ1n) is 10.4. The minimum atomic E-state index is -2.61. The van der Waals surface area contributed by atoms with Crippen LogP contribution in [-0.2, 0) is 22.6 Å². The Morgan fingerprint density at radius 3 is 2.61 bits per heavy atom. The molecule has 1 saturated carbocycles. The number of nitrogens with zero attached hydrogens (tertiary/aromatic N) is 4. The highest BCUT2D eigenvalue weighted by Gasteiger charge is 2.35. The summed E-state index contributed by atoms with van der Waals surface area (Å²) in [6, 6.07) is 3.25. The normalized spacial score (nSPS) is 16.8. The number of aromatic nitrogens is 4. The van der Waals surface area contributed by atoms with Crippen LogP contribution in [0.5, 0.6) is 0 Å². The molecule has 1 fully saturated rings. The number of anilines is 1. The molecule has 0 aromatic carbocycles. The van der Waals surface area contributed by atoms with Gasteiger partial charge in [0.05, 0.1) is 18.7 Å². The van der Waals surface area contributed by atoms with E-state index in [1.54, 1.807) is 39.1 Å². The van der Waals surface area contributed by atoms with E-state index in [1.165, 1.54) is 4.68 Å². The van der Waals surface area contributed by atoms with Crippen molar-refractivity contribution in [3.05, 3.63) is 29.7 Å². The number of halogens is 2. The molecule has 2 aromatic rings. The summed E-state index contributed by atoms with van der Waals surface area (Å²) in [5.74, 6) is -2.19. The lowest BCUT2D eigenvalue weighted by atomic mass is 9.92. The monoisotopic (exact) mass is 437 g/mol. The number of rotatable bonds is 7. The highest BCUT2D eigenvalue weighted by atomic mass is 19.3. The molecule has 0 bridgehead atoms. The van der Waals surface area contributed by atoms with E-state index in [2.05, 4.69) is 20.4 Å². The largest absolute Gasteiger partial charge is 0.460 e. The summed E-state index contributed by atoms with van der Waals surface area (Å²) < 4.78 is 33.7. The van der Waals surface area contributed by atoms with Gasteiger partial charge in [0, 0.05) is 43.3 Å². The summed E-state index contributed by atoms with van der Waals surface area (Å²) in [5, 5.41) is 16.7. The first-order valence-corrected chi connectivity index (χ1v) is 10.4. The second-order valence-corrected chi connectivity index (χ2v) is 8.82. The van der Waals surface area contributed by atoms with E-state index in [-0.39, 0.29) is 43.8 Å². The molecule has 31 heavy (non-hydrogen) atoms. The first-order chi connectivity index (χ1) is 14.5. The summed E-state index contributed by atoms with van der Waals surface area (Å²) in [5.41, 5.74) is 0.492. The Balaban J connectivity index is 1.78. The van der Waals surface area contributed by atoms with Gasteiger partial charge in [0.25, 0.3) is 5.95 Å². The van der Waals surface area contributed by atoms with Crippen molar-refractivity contribution in [1.29, 1.82) is 0 Å². The molecular weight excluding hydrogens is 408 g/mol. The predicted octanol–water partition coefficient (Wildman–Crippen LogP) is 3.42. The average Bonchev–Trinajstić information content (AvgIpc) is 3.16. The van der Waals surface area contributed by atoms with Crippen LogP contribution in [-0.4, -0.2) is 48.4 Å². The molecular formula is C21H29F2N5O3. The van der Waals surface area contributed by atoms with Crippen molar-refractivity contribution in [2.45, 2.75) is 83.5 Å². The summed E-state index contributed by atoms with van der Waals surface area (Å²) >= 11 is 0. The molecule has 0 unspecified atom stereocenters. The molecule has 0 atom stereocenters. The van der Waals surface area contributed by atoms with Gasteiger partial charge < -0.3 is 15.2 Å². The summed E-state index contributed by atoms with van der Waals surface area (Å²) in [6.45, 7) is 5.20. The molecule has 10 heteroatoms. The second kappa shape index (κ2) is 9.25. The minimum absolute atomic E-state index is 0.119. The molecule has 0 saturated heterocycles. The van der Waals surface area contributed by atoms with Crippen molar-refractivity contribution in [2.75, 3.05) is 5.32 Å². The Hall–Kier alpha value is -2.62. The Morgan fingerprint density at radius 2 is 2.00 bits per heavy atom. The maximum atomic E-state index is 13.5. The van der Waals surface area contributed by atoms with Crippen molar-refractivity contribution < 1.29 is 23.4 Å². The molecule has 170 valence electrons. The maximum Gasteiger partial charge on any atom is 0.306 e. The minimum Gasteiger partial charge on any atom is -0.460 e. The van der Waals surface area contributed by atoms with Gasteiger partial charge in [-0.05, 0) is 39.7 Å². The van der Waals surface area contributed by atoms with E-state index >= 15 is 0 Å². The quantitative estimate of drug-likeness (QED) is 0.640. The van der Waals surface area contributed by atoms with Gasteiger partial charge in [0.1, 0.15) is 11.4 Å². The molecule has 0 aliphatic heterocycles. The van der Waals surface area contributed by atoms with Gasteiger partial charge in [-0.1, -0.05) is 0 Å². The number of alkyl halides is 2. The van der Waals surface area contributed by atoms with Crippen LogP contribution in [0.2, 0.25) is 0 Å². The van der Waals surface area contributed by atoms with Gasteiger partial charge in [-0.2, -0.15) is 10.1 Å². The van der Waals surface area contributed by atoms with E-state index in [4.69, 9.17) is 4.74 Å². The van der Waals surface area contributed by atoms with Crippen molar-refractivity contribution >= 4 is 11.8 Å². The fraction of sp³-hybridized carbons (Fsp3) is 0.619. The van der Waals surface area contributed by atoms with Gasteiger partial charge in [0.2, 0.25) is 5.92 Å². The first kappa shape index (κ1) is 23.1. The number of carbonyl (C=O) groups is 1. The zero-order chi connectivity index (χ0) is 22.6. The Labute approximate surface area is 180 Å². The highest BCUT2D eigenvalue weighted by molar-refractivity contribution is 5.70. The van der Waals surface area contributed by atoms with Crippen LogP contribution in [0.15, 0.2) is 18.3 Å². The third-order valence-electron chi connectivity index (χ3n) is 4.85. The maximum absolute atomic E-state index is 13.5. The number of nitrogens with one attached hydrogen (secondary N) is 1. The van der Waals surface area contributed by atoms with Crippen molar-refractivity contribution in [3.63, 3.8) is 0 Å². The molecule has 3 rings (SSSR count). The standard InChI is InChI=1S/C21H29F2N5O3/c1-20(2,3)31-18(30)5-4-15-12-17(24-14-6-9-21(22,23)10-7-14)26-19(25-15)28-11-8-16(13-29)27-28/h8,11-12,14,29H,4-7,9-10,13H2,1-3H3,(H,24,25,26). The van der Waals surface area contributed by atoms with Crippen LogP contribution in [0.25, 0.3) is 5.95 Å². The average molecular weight is 437 g/mol. The second-order valence-electron chi connectivity index (χ2n) is 8.82. The lowest BCUT2D eigenvalue weighted by molar-refractivity contribution is -0.154. The lowest BCUT2D eigenvalue weighted by Crippen LogP contribution is -2.32. The van der Waals surface area contributed by atoms with E-state index in [1.807, 2.05) is 0 Å². The summed E-state index contributed by atoms with van der Waals surface area (Å²) in [4.78, 5) is 21.0. The van der Waals surface area contributed by atoms with Crippen molar-refractivity contribution in [3.8, 4) is 5.95 Å². The van der Waals surface area contributed by atoms with Crippen LogP contribution in [0.3, 0.4) is 0 Å². The fourth-order valence-corrected chi connectivity index (χ4v) is 3.36. The molecule has 0 spiro atoms. The predicted molar refractivity (Wildman–Crippen MR) is 110 cm³/mol. The Kier molecular flexibility index (Phi) is 6.88. The van der Waals surface area contributed by atoms with Crippen molar-refractivity contribution in [2.24, 2.45) is 0 Å². The number of hydrogen-bond donors (Lipinski definition) is 2. The van der Waals surface area contributed by atoms with Crippen LogP contribution in [0.4, 0.5) is 14.6 Å². The number of aryl methyl sites for hydroxylation is 1. The van der Waals surface area contributed by atoms with Crippen molar-refractivity contribution in [1.82, 2.24) is 19.7 Å². The molecule has 2 N–H and O–H groups in total. The SMILES string of the molecule is CC(C)(C)OC(=O)CCc1cc(NC2CCC(F)(F)CC2)nc(-n2ccc(CO)n2)n1. The number of hydrogen-bond acceptors (Lipinski definition) is 7. The lowest BCUT2D eigenvalue weighted by Gasteiger charge is -2.29. The third-order valence-corrected chi connectivity index (χ3v) is 4.85. The number of ether oxygens (including phenoxy) is 1. The topological polar surface area (TPSA) is 102 Å². The number of aliphatic hydroxyl groups excluding tert-OH is 1. The smallest absolute Gasteiger partial charge is 0.306 e. The molecule has 0 amide bonds. The van der Waals surface area contributed by atoms with Gasteiger partial charge >= 0.3 is 5.97 Å². The zero-order valence-electron chi connectivity index (χ0n) is 18.1. The molecule has 8 nitrogen and oxygen atoms in total. The molecule has 1 aliphatic rings. The van der Waals surface area contributed by atoms with Gasteiger partial charge in [-0.25, -0.2) is 18.4 Å². The van der Waals surface area contributed by atoms with Crippen LogP contribution < -0.4 is 5.32 Å². The van der Waals surface area contributed by atoms with Gasteiger partial charge in [-0.15, -0.1) is 0 Å². The van der Waals surface area contributed by atoms with Crippen LogP contribution >= 0.6 is 0 Å². The van der Waals surface area contributed by atoms with E-state index in [9.17, 15) is 18.7 Å². The highest BCUT2D eigenvalue weighted by Crippen LogP contribution is 2.34. The molecule has 2 heterocycles. The van der Waals surface area contributed by atoms with E-state index < -0.39 is 11.5 Å². The molecule has 1 aliphatic carbocycles. The number of aliphatic hydroxyl groups is 1. The number of esters is 1.